The fourth-order valence-electron chi connectivity index (χ4n) is 3.66. The summed E-state index contributed by atoms with van der Waals surface area (Å²) in [6, 6.07) is 10.8. The molecule has 1 aromatic carbocycles. The van der Waals surface area contributed by atoms with E-state index in [2.05, 4.69) is 40.1 Å². The summed E-state index contributed by atoms with van der Waals surface area (Å²) in [7, 11) is 0. The highest BCUT2D eigenvalue weighted by molar-refractivity contribution is 5.46. The molecule has 3 heteroatoms. The highest BCUT2D eigenvalue weighted by atomic mass is 15.3. The number of benzene rings is 1. The summed E-state index contributed by atoms with van der Waals surface area (Å²) in [5, 5.41) is 0. The number of rotatable bonds is 3. The van der Waals surface area contributed by atoms with Crippen molar-refractivity contribution >= 4 is 5.69 Å². The van der Waals surface area contributed by atoms with Gasteiger partial charge in [-0.2, -0.15) is 0 Å². The van der Waals surface area contributed by atoms with Crippen molar-refractivity contribution in [3.63, 3.8) is 0 Å². The van der Waals surface area contributed by atoms with Crippen molar-refractivity contribution < 1.29 is 0 Å². The summed E-state index contributed by atoms with van der Waals surface area (Å²) in [6.45, 7) is 5.59. The molecule has 3 nitrogen and oxygen atoms in total. The second-order valence-corrected chi connectivity index (χ2v) is 5.95. The van der Waals surface area contributed by atoms with Crippen molar-refractivity contribution in [1.82, 2.24) is 4.90 Å². The standard InChI is InChI=1S/C16H25N3/c17-14-16(19-10-4-5-11-19)8-12-18(13-9-16)15-6-2-1-3-7-15/h1-3,6-7H,4-5,8-14,17H2. The minimum absolute atomic E-state index is 0.280. The molecular formula is C16H25N3. The monoisotopic (exact) mass is 259 g/mol. The Kier molecular flexibility index (Phi) is 3.76. The number of piperidine rings is 1. The first kappa shape index (κ1) is 12.9. The summed E-state index contributed by atoms with van der Waals surface area (Å²) >= 11 is 0. The van der Waals surface area contributed by atoms with Crippen molar-refractivity contribution in [2.45, 2.75) is 31.2 Å². The third kappa shape index (κ3) is 2.49. The number of para-hydroxylation sites is 1. The molecule has 3 rings (SSSR count). The van der Waals surface area contributed by atoms with E-state index in [1.54, 1.807) is 0 Å². The molecular weight excluding hydrogens is 234 g/mol. The van der Waals surface area contributed by atoms with Gasteiger partial charge < -0.3 is 10.6 Å². The molecule has 0 spiro atoms. The van der Waals surface area contributed by atoms with Gasteiger partial charge in [-0.05, 0) is 50.9 Å². The van der Waals surface area contributed by atoms with E-state index in [-0.39, 0.29) is 5.54 Å². The zero-order valence-corrected chi connectivity index (χ0v) is 11.7. The highest BCUT2D eigenvalue weighted by Crippen LogP contribution is 2.32. The highest BCUT2D eigenvalue weighted by Gasteiger charge is 2.39. The Morgan fingerprint density at radius 1 is 0.947 bits per heavy atom. The van der Waals surface area contributed by atoms with E-state index in [0.717, 1.165) is 19.6 Å². The van der Waals surface area contributed by atoms with Gasteiger partial charge in [0.2, 0.25) is 0 Å². The van der Waals surface area contributed by atoms with Crippen LogP contribution in [-0.2, 0) is 0 Å². The molecule has 2 N–H and O–H groups in total. The molecule has 0 unspecified atom stereocenters. The van der Waals surface area contributed by atoms with Gasteiger partial charge in [0.25, 0.3) is 0 Å². The van der Waals surface area contributed by atoms with Crippen molar-refractivity contribution in [1.29, 1.82) is 0 Å². The van der Waals surface area contributed by atoms with Crippen LogP contribution in [0, 0.1) is 0 Å². The summed E-state index contributed by atoms with van der Waals surface area (Å²) in [5.41, 5.74) is 7.78. The molecule has 1 aromatic rings. The smallest absolute Gasteiger partial charge is 0.0366 e. The molecule has 2 aliphatic rings. The minimum Gasteiger partial charge on any atom is -0.371 e. The molecule has 0 radical (unpaired) electrons. The van der Waals surface area contributed by atoms with Crippen molar-refractivity contribution in [2.24, 2.45) is 5.73 Å². The van der Waals surface area contributed by atoms with Crippen molar-refractivity contribution in [2.75, 3.05) is 37.6 Å². The average Bonchev–Trinajstić information content (AvgIpc) is 3.03. The van der Waals surface area contributed by atoms with Gasteiger partial charge in [0, 0.05) is 30.9 Å². The van der Waals surface area contributed by atoms with Gasteiger partial charge in [0.05, 0.1) is 0 Å². The fourth-order valence-corrected chi connectivity index (χ4v) is 3.66. The third-order valence-electron chi connectivity index (χ3n) is 4.97. The van der Waals surface area contributed by atoms with Crippen molar-refractivity contribution in [3.05, 3.63) is 30.3 Å². The summed E-state index contributed by atoms with van der Waals surface area (Å²) in [6.07, 6.45) is 5.12. The van der Waals surface area contributed by atoms with Crippen LogP contribution in [0.1, 0.15) is 25.7 Å². The van der Waals surface area contributed by atoms with Crippen LogP contribution in [-0.4, -0.2) is 43.2 Å². The molecule has 2 saturated heterocycles. The first-order valence-corrected chi connectivity index (χ1v) is 7.59. The maximum absolute atomic E-state index is 6.14. The van der Waals surface area contributed by atoms with Gasteiger partial charge in [0.1, 0.15) is 0 Å². The van der Waals surface area contributed by atoms with Gasteiger partial charge >= 0.3 is 0 Å². The van der Waals surface area contributed by atoms with Crippen LogP contribution in [0.25, 0.3) is 0 Å². The maximum atomic E-state index is 6.14. The molecule has 104 valence electrons. The molecule has 2 fully saturated rings. The zero-order chi connectivity index (χ0) is 13.1. The number of likely N-dealkylation sites (tertiary alicyclic amines) is 1. The Labute approximate surface area is 116 Å². The first-order valence-electron chi connectivity index (χ1n) is 7.59. The third-order valence-corrected chi connectivity index (χ3v) is 4.97. The quantitative estimate of drug-likeness (QED) is 0.902. The van der Waals surface area contributed by atoms with Crippen LogP contribution in [0.5, 0.6) is 0 Å². The van der Waals surface area contributed by atoms with E-state index in [4.69, 9.17) is 5.73 Å². The fraction of sp³-hybridized carbons (Fsp3) is 0.625. The molecule has 0 aromatic heterocycles. The topological polar surface area (TPSA) is 32.5 Å². The van der Waals surface area contributed by atoms with E-state index in [1.807, 2.05) is 0 Å². The van der Waals surface area contributed by atoms with E-state index < -0.39 is 0 Å². The lowest BCUT2D eigenvalue weighted by atomic mass is 9.85. The van der Waals surface area contributed by atoms with Gasteiger partial charge in [0.15, 0.2) is 0 Å². The van der Waals surface area contributed by atoms with Crippen LogP contribution in [0.3, 0.4) is 0 Å². The Bertz CT molecular complexity index is 390. The van der Waals surface area contributed by atoms with E-state index in [9.17, 15) is 0 Å². The lowest BCUT2D eigenvalue weighted by Crippen LogP contribution is -2.58. The molecule has 19 heavy (non-hydrogen) atoms. The normalized spacial score (nSPS) is 23.7. The number of nitrogens with zero attached hydrogens (tertiary/aromatic N) is 2. The Hall–Kier alpha value is -1.06. The van der Waals surface area contributed by atoms with Crippen LogP contribution >= 0.6 is 0 Å². The summed E-state index contributed by atoms with van der Waals surface area (Å²) < 4.78 is 0. The largest absolute Gasteiger partial charge is 0.371 e. The Morgan fingerprint density at radius 3 is 2.16 bits per heavy atom. The molecule has 2 heterocycles. The molecule has 0 bridgehead atoms. The van der Waals surface area contributed by atoms with Crippen molar-refractivity contribution in [3.8, 4) is 0 Å². The van der Waals surface area contributed by atoms with Gasteiger partial charge in [-0.3, -0.25) is 4.90 Å². The van der Waals surface area contributed by atoms with Crippen LogP contribution in [0.15, 0.2) is 30.3 Å². The number of anilines is 1. The SMILES string of the molecule is NCC1(N2CCCC2)CCN(c2ccccc2)CC1. The Morgan fingerprint density at radius 2 is 1.58 bits per heavy atom. The van der Waals surface area contributed by atoms with Crippen LogP contribution in [0.4, 0.5) is 5.69 Å². The molecule has 0 saturated carbocycles. The lowest BCUT2D eigenvalue weighted by molar-refractivity contribution is 0.0949. The summed E-state index contributed by atoms with van der Waals surface area (Å²) in [5.74, 6) is 0. The van der Waals surface area contributed by atoms with E-state index in [1.165, 1.54) is 44.5 Å². The molecule has 0 atom stereocenters. The number of hydrogen-bond donors (Lipinski definition) is 1. The lowest BCUT2D eigenvalue weighted by Gasteiger charge is -2.47. The first-order chi connectivity index (χ1) is 9.34. The number of hydrogen-bond acceptors (Lipinski definition) is 3. The molecule has 2 aliphatic heterocycles. The van der Waals surface area contributed by atoms with E-state index in [0.29, 0.717) is 0 Å². The molecule has 0 aliphatic carbocycles. The second-order valence-electron chi connectivity index (χ2n) is 5.95. The van der Waals surface area contributed by atoms with Crippen LogP contribution in [0.2, 0.25) is 0 Å². The van der Waals surface area contributed by atoms with Gasteiger partial charge in [-0.1, -0.05) is 18.2 Å². The number of nitrogens with two attached hydrogens (primary N) is 1. The Balaban J connectivity index is 1.67. The average molecular weight is 259 g/mol. The van der Waals surface area contributed by atoms with E-state index >= 15 is 0 Å². The zero-order valence-electron chi connectivity index (χ0n) is 11.7. The predicted molar refractivity (Wildman–Crippen MR) is 80.5 cm³/mol. The minimum atomic E-state index is 0.280. The van der Waals surface area contributed by atoms with Crippen LogP contribution < -0.4 is 10.6 Å². The summed E-state index contributed by atoms with van der Waals surface area (Å²) in [4.78, 5) is 5.17. The molecule has 0 amide bonds. The van der Waals surface area contributed by atoms with Gasteiger partial charge in [-0.25, -0.2) is 0 Å². The maximum Gasteiger partial charge on any atom is 0.0366 e. The predicted octanol–water partition coefficient (Wildman–Crippen LogP) is 2.08. The second kappa shape index (κ2) is 5.51. The van der Waals surface area contributed by atoms with Gasteiger partial charge in [-0.15, -0.1) is 0 Å².